The number of aliphatic hydroxyl groups is 1. The van der Waals surface area contributed by atoms with Gasteiger partial charge in [-0.2, -0.15) is 0 Å². The molecular formula is C12H22N2O3. The Balaban J connectivity index is 1.89. The second kappa shape index (κ2) is 4.46. The molecule has 2 fully saturated rings. The third kappa shape index (κ3) is 2.72. The first-order chi connectivity index (χ1) is 7.90. The van der Waals surface area contributed by atoms with Crippen LogP contribution in [0.1, 0.15) is 27.2 Å². The first kappa shape index (κ1) is 12.6. The summed E-state index contributed by atoms with van der Waals surface area (Å²) < 4.78 is 5.39. The van der Waals surface area contributed by atoms with Crippen LogP contribution >= 0.6 is 0 Å². The molecule has 5 heteroatoms. The van der Waals surface area contributed by atoms with E-state index in [1.165, 1.54) is 0 Å². The van der Waals surface area contributed by atoms with Gasteiger partial charge in [0.15, 0.2) is 0 Å². The maximum absolute atomic E-state index is 12.0. The highest BCUT2D eigenvalue weighted by Crippen LogP contribution is 2.31. The summed E-state index contributed by atoms with van der Waals surface area (Å²) >= 11 is 0. The fourth-order valence-electron chi connectivity index (χ4n) is 2.70. The van der Waals surface area contributed by atoms with Crippen LogP contribution in [0.2, 0.25) is 0 Å². The van der Waals surface area contributed by atoms with Crippen LogP contribution < -0.4 is 0 Å². The Bertz CT molecular complexity index is 301. The van der Waals surface area contributed by atoms with Crippen molar-refractivity contribution in [1.82, 2.24) is 9.80 Å². The summed E-state index contributed by atoms with van der Waals surface area (Å²) in [6, 6.07) is 0.668. The molecule has 2 aliphatic heterocycles. The standard InChI is InChI=1S/C12H22N2O3/c1-12(2,3)17-11(16)14-8-9-6-10(14)7-13(9)4-5-15/h9-10,15H,4-8H2,1-3H3. The number of carbonyl (C=O) groups is 1. The Kier molecular flexibility index (Phi) is 3.32. The number of ether oxygens (including phenoxy) is 1. The largest absolute Gasteiger partial charge is 0.444 e. The number of likely N-dealkylation sites (tertiary alicyclic amines) is 2. The minimum atomic E-state index is -0.427. The molecule has 2 atom stereocenters. The van der Waals surface area contributed by atoms with E-state index in [-0.39, 0.29) is 18.7 Å². The van der Waals surface area contributed by atoms with E-state index in [2.05, 4.69) is 4.90 Å². The molecule has 98 valence electrons. The maximum Gasteiger partial charge on any atom is 0.410 e. The molecule has 17 heavy (non-hydrogen) atoms. The van der Waals surface area contributed by atoms with Gasteiger partial charge in [-0.3, -0.25) is 4.90 Å². The van der Waals surface area contributed by atoms with E-state index in [9.17, 15) is 4.79 Å². The lowest BCUT2D eigenvalue weighted by molar-refractivity contribution is 0.0120. The number of rotatable bonds is 2. The molecule has 0 radical (unpaired) electrons. The zero-order valence-electron chi connectivity index (χ0n) is 10.8. The van der Waals surface area contributed by atoms with Crippen LogP contribution in [0.15, 0.2) is 0 Å². The summed E-state index contributed by atoms with van der Waals surface area (Å²) in [6.07, 6.45) is 0.813. The molecule has 0 spiro atoms. The number of carbonyl (C=O) groups excluding carboxylic acids is 1. The van der Waals surface area contributed by atoms with Gasteiger partial charge in [0.25, 0.3) is 0 Å². The Hall–Kier alpha value is -0.810. The molecule has 2 unspecified atom stereocenters. The van der Waals surface area contributed by atoms with Crippen molar-refractivity contribution in [1.29, 1.82) is 0 Å². The fraction of sp³-hybridized carbons (Fsp3) is 0.917. The highest BCUT2D eigenvalue weighted by atomic mass is 16.6. The van der Waals surface area contributed by atoms with Crippen LogP contribution in [-0.4, -0.2) is 64.9 Å². The molecule has 2 saturated heterocycles. The van der Waals surface area contributed by atoms with Gasteiger partial charge in [-0.15, -0.1) is 0 Å². The van der Waals surface area contributed by atoms with Crippen LogP contribution in [0, 0.1) is 0 Å². The molecule has 0 aromatic rings. The quantitative estimate of drug-likeness (QED) is 0.773. The molecule has 0 aromatic heterocycles. The molecule has 1 amide bonds. The van der Waals surface area contributed by atoms with E-state index in [0.717, 1.165) is 19.5 Å². The molecule has 5 nitrogen and oxygen atoms in total. The van der Waals surface area contributed by atoms with Crippen LogP contribution in [0.4, 0.5) is 4.79 Å². The van der Waals surface area contributed by atoms with Gasteiger partial charge in [0.05, 0.1) is 6.61 Å². The number of amides is 1. The van der Waals surface area contributed by atoms with Gasteiger partial charge in [0.2, 0.25) is 0 Å². The maximum atomic E-state index is 12.0. The second-order valence-electron chi connectivity index (χ2n) is 5.89. The van der Waals surface area contributed by atoms with Gasteiger partial charge in [0.1, 0.15) is 5.60 Å². The number of β-amino-alcohol motifs (C(OH)–C–C–N with tert-alkyl or cyclic N) is 1. The molecular weight excluding hydrogens is 220 g/mol. The summed E-state index contributed by atoms with van der Waals surface area (Å²) in [7, 11) is 0. The number of nitrogens with zero attached hydrogens (tertiary/aromatic N) is 2. The molecule has 2 rings (SSSR count). The van der Waals surface area contributed by atoms with Crippen molar-refractivity contribution in [2.75, 3.05) is 26.2 Å². The number of hydrogen-bond donors (Lipinski definition) is 1. The summed E-state index contributed by atoms with van der Waals surface area (Å²) in [6.45, 7) is 8.16. The highest BCUT2D eigenvalue weighted by Gasteiger charge is 2.45. The van der Waals surface area contributed by atoms with E-state index < -0.39 is 5.60 Å². The minimum Gasteiger partial charge on any atom is -0.444 e. The second-order valence-corrected chi connectivity index (χ2v) is 5.89. The fourth-order valence-corrected chi connectivity index (χ4v) is 2.70. The van der Waals surface area contributed by atoms with E-state index in [4.69, 9.17) is 9.84 Å². The third-order valence-electron chi connectivity index (χ3n) is 3.37. The number of fused-ring (bicyclic) bond motifs is 2. The lowest BCUT2D eigenvalue weighted by atomic mass is 10.2. The average Bonchev–Trinajstić information content (AvgIpc) is 2.74. The van der Waals surface area contributed by atoms with Crippen LogP contribution in [0.5, 0.6) is 0 Å². The molecule has 2 heterocycles. The van der Waals surface area contributed by atoms with Crippen molar-refractivity contribution in [3.63, 3.8) is 0 Å². The molecule has 0 aliphatic carbocycles. The summed E-state index contributed by atoms with van der Waals surface area (Å²) in [5.74, 6) is 0. The van der Waals surface area contributed by atoms with Gasteiger partial charge >= 0.3 is 6.09 Å². The lowest BCUT2D eigenvalue weighted by Crippen LogP contribution is -2.50. The van der Waals surface area contributed by atoms with Gasteiger partial charge in [-0.05, 0) is 27.2 Å². The van der Waals surface area contributed by atoms with E-state index in [1.54, 1.807) is 0 Å². The Labute approximate surface area is 102 Å². The summed E-state index contributed by atoms with van der Waals surface area (Å²) in [5, 5.41) is 8.94. The Morgan fingerprint density at radius 1 is 1.35 bits per heavy atom. The minimum absolute atomic E-state index is 0.190. The molecule has 2 aliphatic rings. The molecule has 1 N–H and O–H groups in total. The Morgan fingerprint density at radius 3 is 2.53 bits per heavy atom. The van der Waals surface area contributed by atoms with Crippen molar-refractivity contribution in [2.45, 2.75) is 44.9 Å². The van der Waals surface area contributed by atoms with Crippen molar-refractivity contribution in [3.8, 4) is 0 Å². The average molecular weight is 242 g/mol. The topological polar surface area (TPSA) is 53.0 Å². The zero-order chi connectivity index (χ0) is 12.6. The monoisotopic (exact) mass is 242 g/mol. The van der Waals surface area contributed by atoms with Crippen molar-refractivity contribution < 1.29 is 14.6 Å². The van der Waals surface area contributed by atoms with E-state index in [1.807, 2.05) is 25.7 Å². The lowest BCUT2D eigenvalue weighted by Gasteiger charge is -2.34. The normalized spacial score (nSPS) is 28.8. The first-order valence-corrected chi connectivity index (χ1v) is 6.25. The van der Waals surface area contributed by atoms with Crippen molar-refractivity contribution in [2.24, 2.45) is 0 Å². The Morgan fingerprint density at radius 2 is 2.06 bits per heavy atom. The molecule has 0 aromatic carbocycles. The zero-order valence-corrected chi connectivity index (χ0v) is 10.8. The first-order valence-electron chi connectivity index (χ1n) is 6.25. The number of hydrogen-bond acceptors (Lipinski definition) is 4. The molecule has 2 bridgehead atoms. The third-order valence-corrected chi connectivity index (χ3v) is 3.37. The van der Waals surface area contributed by atoms with Crippen molar-refractivity contribution in [3.05, 3.63) is 0 Å². The number of aliphatic hydroxyl groups excluding tert-OH is 1. The van der Waals surface area contributed by atoms with Gasteiger partial charge in [-0.1, -0.05) is 0 Å². The predicted molar refractivity (Wildman–Crippen MR) is 63.8 cm³/mol. The van der Waals surface area contributed by atoms with E-state index in [0.29, 0.717) is 12.6 Å². The number of piperazine rings is 1. The van der Waals surface area contributed by atoms with Crippen LogP contribution in [0.25, 0.3) is 0 Å². The molecule has 0 saturated carbocycles. The van der Waals surface area contributed by atoms with Crippen molar-refractivity contribution >= 4 is 6.09 Å². The van der Waals surface area contributed by atoms with Crippen LogP contribution in [0.3, 0.4) is 0 Å². The van der Waals surface area contributed by atoms with Gasteiger partial charge in [0, 0.05) is 31.7 Å². The SMILES string of the molecule is CC(C)(C)OC(=O)N1CC2CC1CN2CCO. The van der Waals surface area contributed by atoms with E-state index >= 15 is 0 Å². The smallest absolute Gasteiger partial charge is 0.410 e. The highest BCUT2D eigenvalue weighted by molar-refractivity contribution is 5.69. The summed E-state index contributed by atoms with van der Waals surface area (Å²) in [5.41, 5.74) is -0.427. The predicted octanol–water partition coefficient (Wildman–Crippen LogP) is 0.672. The van der Waals surface area contributed by atoms with Gasteiger partial charge < -0.3 is 14.7 Å². The van der Waals surface area contributed by atoms with Gasteiger partial charge in [-0.25, -0.2) is 4.79 Å². The van der Waals surface area contributed by atoms with Crippen LogP contribution in [-0.2, 0) is 4.74 Å². The summed E-state index contributed by atoms with van der Waals surface area (Å²) in [4.78, 5) is 16.0.